The first-order valence-electron chi connectivity index (χ1n) is 12.6. The van der Waals surface area contributed by atoms with Gasteiger partial charge in [0, 0.05) is 33.3 Å². The number of oxime groups is 1. The Kier molecular flexibility index (Phi) is 12.8. The minimum absolute atomic E-state index is 0.170. The number of guanidine groups is 1. The van der Waals surface area contributed by atoms with Gasteiger partial charge in [-0.15, -0.1) is 0 Å². The lowest BCUT2D eigenvalue weighted by Crippen LogP contribution is -2.34. The molecule has 0 bridgehead atoms. The monoisotopic (exact) mass is 597 g/mol. The Bertz CT molecular complexity index is 1350. The molecule has 1 aromatic heterocycles. The van der Waals surface area contributed by atoms with Crippen LogP contribution in [0.4, 0.5) is 4.39 Å². The van der Waals surface area contributed by atoms with Gasteiger partial charge in [0.1, 0.15) is 12.9 Å². The maximum absolute atomic E-state index is 14.0. The molecule has 1 aliphatic rings. The number of rotatable bonds is 5. The van der Waals surface area contributed by atoms with Crippen LogP contribution in [0.2, 0.25) is 10.0 Å². The molecule has 1 atom stereocenters. The molecule has 0 fully saturated rings. The van der Waals surface area contributed by atoms with Crippen molar-refractivity contribution in [1.29, 1.82) is 0 Å². The zero-order valence-electron chi connectivity index (χ0n) is 22.3. The van der Waals surface area contributed by atoms with Crippen LogP contribution < -0.4 is 4.72 Å². The van der Waals surface area contributed by atoms with Gasteiger partial charge in [-0.3, -0.25) is 9.71 Å². The quantitative estimate of drug-likeness (QED) is 0.109. The van der Waals surface area contributed by atoms with E-state index in [1.165, 1.54) is 31.2 Å². The average molecular weight is 599 g/mol. The summed E-state index contributed by atoms with van der Waals surface area (Å²) >= 11 is 13.4. The predicted octanol–water partition coefficient (Wildman–Crippen LogP) is 8.26. The first-order valence-corrected chi connectivity index (χ1v) is 14.1. The second-order valence-corrected chi connectivity index (χ2v) is 9.71. The van der Waals surface area contributed by atoms with E-state index in [-0.39, 0.29) is 11.7 Å². The van der Waals surface area contributed by atoms with Gasteiger partial charge in [0.25, 0.3) is 5.96 Å². The highest BCUT2D eigenvalue weighted by Gasteiger charge is 2.32. The summed E-state index contributed by atoms with van der Waals surface area (Å²) in [5, 5.41) is 11.9. The van der Waals surface area contributed by atoms with Crippen molar-refractivity contribution >= 4 is 46.8 Å². The second-order valence-electron chi connectivity index (χ2n) is 7.96. The molecule has 40 heavy (non-hydrogen) atoms. The molecule has 0 saturated carbocycles. The van der Waals surface area contributed by atoms with E-state index in [4.69, 9.17) is 33.1 Å². The molecule has 0 spiro atoms. The zero-order valence-corrected chi connectivity index (χ0v) is 24.7. The fourth-order valence-corrected chi connectivity index (χ4v) is 4.50. The molecule has 0 aliphatic carbocycles. The Hall–Kier alpha value is -3.59. The summed E-state index contributed by atoms with van der Waals surface area (Å²) in [6.45, 7) is 4.46. The highest BCUT2D eigenvalue weighted by atomic mass is 35.5. The smallest absolute Gasteiger partial charge is 0.266 e. The third kappa shape index (κ3) is 9.26. The Labute approximate surface area is 249 Å². The van der Waals surface area contributed by atoms with Crippen LogP contribution in [0, 0.1) is 5.82 Å². The Morgan fingerprint density at radius 3 is 2.15 bits per heavy atom. The highest BCUT2D eigenvalue weighted by Crippen LogP contribution is 2.30. The lowest BCUT2D eigenvalue weighted by Gasteiger charge is -2.18. The molecule has 0 amide bonds. The topological polar surface area (TPSA) is 62.1 Å². The average Bonchev–Trinajstić information content (AvgIpc) is 3.44. The van der Waals surface area contributed by atoms with Gasteiger partial charge < -0.3 is 4.84 Å². The minimum Gasteiger partial charge on any atom is -0.396 e. The van der Waals surface area contributed by atoms with Crippen LogP contribution in [0.5, 0.6) is 0 Å². The van der Waals surface area contributed by atoms with Gasteiger partial charge in [-0.05, 0) is 88.9 Å². The van der Waals surface area contributed by atoms with Crippen LogP contribution in [0.25, 0.3) is 0 Å². The third-order valence-electron chi connectivity index (χ3n) is 5.37. The van der Waals surface area contributed by atoms with E-state index in [1.54, 1.807) is 23.5 Å². The molecule has 1 unspecified atom stereocenters. The summed E-state index contributed by atoms with van der Waals surface area (Å²) in [5.74, 6) is -0.0484. The molecule has 6 nitrogen and oxygen atoms in total. The summed E-state index contributed by atoms with van der Waals surface area (Å²) in [6, 6.07) is 27.1. The van der Waals surface area contributed by atoms with E-state index in [1.807, 2.05) is 86.6 Å². The zero-order chi connectivity index (χ0) is 28.7. The maximum Gasteiger partial charge on any atom is 0.266 e. The minimum atomic E-state index is -0.293. The van der Waals surface area contributed by atoms with Crippen molar-refractivity contribution in [2.24, 2.45) is 10.3 Å². The number of hydrogen-bond acceptors (Lipinski definition) is 5. The molecule has 5 rings (SSSR count). The van der Waals surface area contributed by atoms with Crippen molar-refractivity contribution in [2.75, 3.05) is 13.7 Å². The van der Waals surface area contributed by atoms with Crippen molar-refractivity contribution in [3.05, 3.63) is 130 Å². The van der Waals surface area contributed by atoms with E-state index in [2.05, 4.69) is 14.9 Å². The summed E-state index contributed by atoms with van der Waals surface area (Å²) in [4.78, 5) is 9.77. The van der Waals surface area contributed by atoms with Gasteiger partial charge >= 0.3 is 0 Å². The van der Waals surface area contributed by atoms with E-state index in [0.717, 1.165) is 21.7 Å². The van der Waals surface area contributed by atoms with Crippen LogP contribution in [-0.2, 0) is 4.84 Å². The number of nitrogens with one attached hydrogen (secondary N) is 1. The second kappa shape index (κ2) is 16.5. The molecular formula is C30H30Cl2FN5OS. The number of nitrogens with zero attached hydrogens (tertiary/aromatic N) is 4. The number of hydrogen-bond donors (Lipinski definition) is 1. The van der Waals surface area contributed by atoms with Gasteiger partial charge in [0.05, 0.1) is 12.3 Å². The molecular weight excluding hydrogens is 568 g/mol. The summed E-state index contributed by atoms with van der Waals surface area (Å²) < 4.78 is 17.2. The maximum atomic E-state index is 14.0. The molecule has 0 radical (unpaired) electrons. The number of halogens is 3. The van der Waals surface area contributed by atoms with Crippen molar-refractivity contribution in [2.45, 2.75) is 24.7 Å². The summed E-state index contributed by atoms with van der Waals surface area (Å²) in [5.41, 5.74) is 2.51. The molecule has 1 N–H and O–H groups in total. The Morgan fingerprint density at radius 2 is 1.60 bits per heavy atom. The Balaban J connectivity index is 0.000000481. The summed E-state index contributed by atoms with van der Waals surface area (Å²) in [7, 11) is 1.47. The number of hydrazone groups is 1. The van der Waals surface area contributed by atoms with Gasteiger partial charge in [0.15, 0.2) is 0 Å². The first-order chi connectivity index (χ1) is 19.5. The lowest BCUT2D eigenvalue weighted by molar-refractivity contribution is 0.204. The van der Waals surface area contributed by atoms with Crippen LogP contribution in [-0.4, -0.2) is 35.3 Å². The van der Waals surface area contributed by atoms with Gasteiger partial charge in [-0.1, -0.05) is 67.4 Å². The predicted molar refractivity (Wildman–Crippen MR) is 164 cm³/mol. The fraction of sp³-hybridized carbons (Fsp3) is 0.167. The van der Waals surface area contributed by atoms with Crippen molar-refractivity contribution in [3.8, 4) is 0 Å². The number of benzene rings is 3. The largest absolute Gasteiger partial charge is 0.396 e. The van der Waals surface area contributed by atoms with Crippen LogP contribution >= 0.6 is 35.1 Å². The molecule has 1 aliphatic heterocycles. The van der Waals surface area contributed by atoms with Crippen molar-refractivity contribution in [3.63, 3.8) is 0 Å². The van der Waals surface area contributed by atoms with Crippen molar-refractivity contribution < 1.29 is 9.23 Å². The van der Waals surface area contributed by atoms with E-state index >= 15 is 0 Å². The first kappa shape index (κ1) is 30.9. The molecule has 208 valence electrons. The van der Waals surface area contributed by atoms with Gasteiger partial charge in [-0.25, -0.2) is 9.40 Å². The Morgan fingerprint density at radius 1 is 0.950 bits per heavy atom. The normalized spacial score (nSPS) is 14.2. The SMILES string of the molecule is CC.CO/N=C(/NSc1ccc(Cl)cc1)N1CC(c2cccc(F)c2)C(c2ccc(Cl)cc2)=N1.c1ccncc1. The van der Waals surface area contributed by atoms with E-state index in [0.29, 0.717) is 22.5 Å². The lowest BCUT2D eigenvalue weighted by atomic mass is 9.90. The number of aromatic nitrogens is 1. The van der Waals surface area contributed by atoms with Crippen LogP contribution in [0.15, 0.2) is 119 Å². The standard InChI is InChI=1S/C23H19Cl2FN4OS.C5H5N.C2H6/c1-31-28-23(29-32-20-11-9-18(25)10-12-20)30-14-21(16-3-2-4-19(26)13-16)22(27-30)15-5-7-17(24)8-6-15;1-2-4-6-5-3-1;1-2/h2-13,21H,14H2,1H3,(H,28,29);1-5H;1-2H3. The summed E-state index contributed by atoms with van der Waals surface area (Å²) in [6.07, 6.45) is 3.50. The van der Waals surface area contributed by atoms with Gasteiger partial charge in [-0.2, -0.15) is 5.10 Å². The van der Waals surface area contributed by atoms with Gasteiger partial charge in [0.2, 0.25) is 0 Å². The van der Waals surface area contributed by atoms with Crippen LogP contribution in [0.1, 0.15) is 30.9 Å². The number of pyridine rings is 1. The highest BCUT2D eigenvalue weighted by molar-refractivity contribution is 7.98. The van der Waals surface area contributed by atoms with Crippen LogP contribution in [0.3, 0.4) is 0 Å². The fourth-order valence-electron chi connectivity index (χ4n) is 3.62. The third-order valence-corrected chi connectivity index (χ3v) is 6.66. The molecule has 4 aromatic rings. The van der Waals surface area contributed by atoms with E-state index < -0.39 is 0 Å². The molecule has 2 heterocycles. The molecule has 0 saturated heterocycles. The molecule has 3 aromatic carbocycles. The van der Waals surface area contributed by atoms with Crippen molar-refractivity contribution in [1.82, 2.24) is 14.7 Å². The molecule has 10 heteroatoms. The van der Waals surface area contributed by atoms with E-state index in [9.17, 15) is 4.39 Å².